The van der Waals surface area contributed by atoms with Crippen LogP contribution in [0.5, 0.6) is 5.75 Å². The minimum atomic E-state index is -0.535. The number of aromatic hydroxyl groups is 1. The Morgan fingerprint density at radius 3 is 2.78 bits per heavy atom. The van der Waals surface area contributed by atoms with Gasteiger partial charge in [-0.3, -0.25) is 9.59 Å². The van der Waals surface area contributed by atoms with Crippen LogP contribution in [0.2, 0.25) is 0 Å². The molecule has 0 saturated carbocycles. The van der Waals surface area contributed by atoms with Gasteiger partial charge < -0.3 is 15.0 Å². The number of carbonyl (C=O) groups excluding carboxylic acids is 1. The first-order chi connectivity index (χ1) is 11.1. The van der Waals surface area contributed by atoms with E-state index in [4.69, 9.17) is 0 Å². The molecule has 5 heteroatoms. The summed E-state index contributed by atoms with van der Waals surface area (Å²) >= 11 is 0. The van der Waals surface area contributed by atoms with Crippen LogP contribution >= 0.6 is 0 Å². The number of amides is 1. The number of para-hydroxylation sites is 1. The van der Waals surface area contributed by atoms with Crippen LogP contribution < -0.4 is 10.9 Å². The summed E-state index contributed by atoms with van der Waals surface area (Å²) in [6.07, 6.45) is 4.49. The van der Waals surface area contributed by atoms with Crippen molar-refractivity contribution in [2.45, 2.75) is 32.7 Å². The highest BCUT2D eigenvalue weighted by Crippen LogP contribution is 2.26. The van der Waals surface area contributed by atoms with Crippen molar-refractivity contribution < 1.29 is 9.90 Å². The Balaban J connectivity index is 2.49. The summed E-state index contributed by atoms with van der Waals surface area (Å²) in [6.45, 7) is 6.48. The Morgan fingerprint density at radius 2 is 2.09 bits per heavy atom. The summed E-state index contributed by atoms with van der Waals surface area (Å²) in [5.41, 5.74) is -0.131. The molecule has 23 heavy (non-hydrogen) atoms. The normalized spacial score (nSPS) is 10.7. The summed E-state index contributed by atoms with van der Waals surface area (Å²) < 4.78 is 1.45. The van der Waals surface area contributed by atoms with Crippen LogP contribution in [-0.2, 0) is 6.54 Å². The molecule has 1 aromatic carbocycles. The number of nitrogens with one attached hydrogen (secondary N) is 1. The number of rotatable bonds is 7. The second-order valence-corrected chi connectivity index (χ2v) is 5.41. The molecule has 0 radical (unpaired) electrons. The third-order valence-electron chi connectivity index (χ3n) is 3.75. The molecule has 0 bridgehead atoms. The summed E-state index contributed by atoms with van der Waals surface area (Å²) in [5.74, 6) is -0.800. The fourth-order valence-corrected chi connectivity index (χ4v) is 2.57. The van der Waals surface area contributed by atoms with Gasteiger partial charge in [-0.15, -0.1) is 6.58 Å². The highest BCUT2D eigenvalue weighted by Gasteiger charge is 2.21. The number of pyridine rings is 1. The van der Waals surface area contributed by atoms with Crippen molar-refractivity contribution in [3.8, 4) is 5.75 Å². The second-order valence-electron chi connectivity index (χ2n) is 5.41. The van der Waals surface area contributed by atoms with Crippen molar-refractivity contribution in [2.24, 2.45) is 0 Å². The van der Waals surface area contributed by atoms with Crippen LogP contribution in [0.4, 0.5) is 0 Å². The molecule has 2 rings (SSSR count). The van der Waals surface area contributed by atoms with Gasteiger partial charge in [-0.2, -0.15) is 0 Å². The van der Waals surface area contributed by atoms with Gasteiger partial charge in [-0.25, -0.2) is 0 Å². The second kappa shape index (κ2) is 7.63. The molecule has 2 aromatic rings. The van der Waals surface area contributed by atoms with E-state index in [1.54, 1.807) is 30.3 Å². The fraction of sp³-hybridized carbons (Fsp3) is 0.333. The van der Waals surface area contributed by atoms with Gasteiger partial charge in [0.15, 0.2) is 0 Å². The average molecular weight is 314 g/mol. The molecule has 0 unspecified atom stereocenters. The molecule has 1 amide bonds. The van der Waals surface area contributed by atoms with Crippen molar-refractivity contribution in [2.75, 3.05) is 6.54 Å². The van der Waals surface area contributed by atoms with Crippen LogP contribution in [0.25, 0.3) is 10.9 Å². The molecule has 1 heterocycles. The van der Waals surface area contributed by atoms with Gasteiger partial charge in [-0.1, -0.05) is 38.0 Å². The number of carbonyl (C=O) groups is 1. The van der Waals surface area contributed by atoms with Gasteiger partial charge >= 0.3 is 0 Å². The van der Waals surface area contributed by atoms with Crippen molar-refractivity contribution in [3.63, 3.8) is 0 Å². The van der Waals surface area contributed by atoms with E-state index < -0.39 is 11.5 Å². The lowest BCUT2D eigenvalue weighted by atomic mass is 10.1. The minimum absolute atomic E-state index is 0.206. The van der Waals surface area contributed by atoms with Gasteiger partial charge in [0, 0.05) is 18.5 Å². The summed E-state index contributed by atoms with van der Waals surface area (Å²) in [7, 11) is 0. The van der Waals surface area contributed by atoms with Crippen molar-refractivity contribution in [1.29, 1.82) is 0 Å². The lowest BCUT2D eigenvalue weighted by Gasteiger charge is -2.13. The molecular weight excluding hydrogens is 292 g/mol. The lowest BCUT2D eigenvalue weighted by molar-refractivity contribution is 0.0948. The minimum Gasteiger partial charge on any atom is -0.506 e. The van der Waals surface area contributed by atoms with Crippen molar-refractivity contribution in [3.05, 3.63) is 52.8 Å². The van der Waals surface area contributed by atoms with E-state index in [1.165, 1.54) is 4.57 Å². The molecule has 0 spiro atoms. The van der Waals surface area contributed by atoms with Crippen molar-refractivity contribution >= 4 is 16.8 Å². The van der Waals surface area contributed by atoms with E-state index in [2.05, 4.69) is 18.8 Å². The average Bonchev–Trinajstić information content (AvgIpc) is 2.55. The number of fused-ring (bicyclic) bond motifs is 1. The molecule has 0 saturated heterocycles. The van der Waals surface area contributed by atoms with E-state index in [0.717, 1.165) is 19.3 Å². The first-order valence-electron chi connectivity index (χ1n) is 7.85. The summed E-state index contributed by atoms with van der Waals surface area (Å²) in [5, 5.41) is 13.6. The zero-order valence-corrected chi connectivity index (χ0v) is 13.3. The van der Waals surface area contributed by atoms with E-state index in [1.807, 2.05) is 0 Å². The Kier molecular flexibility index (Phi) is 5.57. The molecular formula is C18H22N2O3. The van der Waals surface area contributed by atoms with E-state index in [0.29, 0.717) is 17.4 Å². The predicted molar refractivity (Wildman–Crippen MR) is 91.9 cm³/mol. The zero-order valence-electron chi connectivity index (χ0n) is 13.3. The van der Waals surface area contributed by atoms with Crippen LogP contribution in [0.3, 0.4) is 0 Å². The quantitative estimate of drug-likeness (QED) is 0.610. The monoisotopic (exact) mass is 314 g/mol. The summed E-state index contributed by atoms with van der Waals surface area (Å²) in [4.78, 5) is 25.0. The van der Waals surface area contributed by atoms with Gasteiger partial charge in [0.25, 0.3) is 11.5 Å². The van der Waals surface area contributed by atoms with Gasteiger partial charge in [0.1, 0.15) is 11.3 Å². The number of unbranched alkanes of at least 4 members (excludes halogenated alkanes) is 2. The highest BCUT2D eigenvalue weighted by molar-refractivity contribution is 6.02. The summed E-state index contributed by atoms with van der Waals surface area (Å²) in [6, 6.07) is 6.97. The number of aromatic nitrogens is 1. The topological polar surface area (TPSA) is 71.3 Å². The first kappa shape index (κ1) is 16.8. The van der Waals surface area contributed by atoms with Crippen LogP contribution in [0.1, 0.15) is 36.5 Å². The molecule has 0 aliphatic carbocycles. The molecule has 0 aliphatic heterocycles. The highest BCUT2D eigenvalue weighted by atomic mass is 16.3. The molecule has 1 aromatic heterocycles. The third-order valence-corrected chi connectivity index (χ3v) is 3.75. The molecule has 0 atom stereocenters. The number of hydrogen-bond acceptors (Lipinski definition) is 3. The molecule has 2 N–H and O–H groups in total. The standard InChI is InChI=1S/C18H22N2O3/c1-3-5-8-11-19-17(22)15-16(21)13-9-6-7-10-14(13)20(12-4-2)18(15)23/h4,6-7,9-10,21H,2-3,5,8,11-12H2,1H3,(H,19,22). The van der Waals surface area contributed by atoms with Crippen LogP contribution in [-0.4, -0.2) is 22.1 Å². The maximum Gasteiger partial charge on any atom is 0.268 e. The maximum absolute atomic E-state index is 12.6. The third kappa shape index (κ3) is 3.44. The number of hydrogen-bond donors (Lipinski definition) is 2. The van der Waals surface area contributed by atoms with Crippen molar-refractivity contribution in [1.82, 2.24) is 9.88 Å². The SMILES string of the molecule is C=CCn1c(=O)c(C(=O)NCCCCC)c(O)c2ccccc21. The molecule has 5 nitrogen and oxygen atoms in total. The fourth-order valence-electron chi connectivity index (χ4n) is 2.57. The Bertz CT molecular complexity index is 778. The van der Waals surface area contributed by atoms with E-state index in [9.17, 15) is 14.7 Å². The smallest absolute Gasteiger partial charge is 0.268 e. The Labute approximate surface area is 135 Å². The van der Waals surface area contributed by atoms with Gasteiger partial charge in [0.2, 0.25) is 0 Å². The molecule has 0 aliphatic rings. The first-order valence-corrected chi connectivity index (χ1v) is 7.85. The zero-order chi connectivity index (χ0) is 16.8. The van der Waals surface area contributed by atoms with Crippen LogP contribution in [0, 0.1) is 0 Å². The Morgan fingerprint density at radius 1 is 1.35 bits per heavy atom. The van der Waals surface area contributed by atoms with Crippen LogP contribution in [0.15, 0.2) is 41.7 Å². The predicted octanol–water partition coefficient (Wildman–Crippen LogP) is 2.81. The van der Waals surface area contributed by atoms with E-state index in [-0.39, 0.29) is 17.9 Å². The molecule has 0 fully saturated rings. The number of allylic oxidation sites excluding steroid dienone is 1. The largest absolute Gasteiger partial charge is 0.506 e. The van der Waals surface area contributed by atoms with Gasteiger partial charge in [-0.05, 0) is 18.6 Å². The lowest BCUT2D eigenvalue weighted by Crippen LogP contribution is -2.33. The number of nitrogens with zero attached hydrogens (tertiary/aromatic N) is 1. The van der Waals surface area contributed by atoms with Gasteiger partial charge in [0.05, 0.1) is 5.52 Å². The Hall–Kier alpha value is -2.56. The van der Waals surface area contributed by atoms with E-state index >= 15 is 0 Å². The maximum atomic E-state index is 12.6. The molecule has 122 valence electrons. The number of benzene rings is 1.